The third kappa shape index (κ3) is 2.97. The monoisotopic (exact) mass is 237 g/mol. The largest absolute Gasteiger partial charge is 0.464 e. The van der Waals surface area contributed by atoms with Crippen LogP contribution in [0.5, 0.6) is 0 Å². The van der Waals surface area contributed by atoms with Gasteiger partial charge in [-0.1, -0.05) is 12.1 Å². The van der Waals surface area contributed by atoms with E-state index in [2.05, 4.69) is 0 Å². The van der Waals surface area contributed by atoms with Crippen molar-refractivity contribution in [3.8, 4) is 0 Å². The van der Waals surface area contributed by atoms with E-state index in [1.807, 2.05) is 31.1 Å². The van der Waals surface area contributed by atoms with Crippen LogP contribution in [0, 0.1) is 0 Å². The third-order valence-electron chi connectivity index (χ3n) is 2.62. The van der Waals surface area contributed by atoms with E-state index >= 15 is 0 Å². The average Bonchev–Trinajstić information content (AvgIpc) is 2.29. The summed E-state index contributed by atoms with van der Waals surface area (Å²) in [6.45, 7) is 3.41. The molecule has 0 bridgehead atoms. The molecule has 0 spiro atoms. The van der Waals surface area contributed by atoms with Gasteiger partial charge in [0, 0.05) is 19.8 Å². The molecule has 0 aromatic heterocycles. The predicted molar refractivity (Wildman–Crippen MR) is 67.0 cm³/mol. The van der Waals surface area contributed by atoms with Gasteiger partial charge in [-0.3, -0.25) is 0 Å². The second-order valence-electron chi connectivity index (χ2n) is 4.23. The SMILES string of the molecule is CCOC(=O)C(C)(O)c1ccc(N(C)C)cc1. The van der Waals surface area contributed by atoms with E-state index in [9.17, 15) is 9.90 Å². The number of hydrogen-bond donors (Lipinski definition) is 1. The van der Waals surface area contributed by atoms with Gasteiger partial charge >= 0.3 is 5.97 Å². The lowest BCUT2D eigenvalue weighted by Gasteiger charge is -2.22. The maximum atomic E-state index is 11.6. The zero-order valence-corrected chi connectivity index (χ0v) is 10.7. The normalized spacial score (nSPS) is 13.9. The van der Waals surface area contributed by atoms with E-state index in [4.69, 9.17) is 4.74 Å². The summed E-state index contributed by atoms with van der Waals surface area (Å²) in [6, 6.07) is 7.16. The van der Waals surface area contributed by atoms with Crippen LogP contribution in [0.3, 0.4) is 0 Å². The molecule has 1 atom stereocenters. The van der Waals surface area contributed by atoms with Gasteiger partial charge in [-0.25, -0.2) is 4.79 Å². The molecule has 0 fully saturated rings. The zero-order valence-electron chi connectivity index (χ0n) is 10.7. The molecule has 17 heavy (non-hydrogen) atoms. The minimum Gasteiger partial charge on any atom is -0.464 e. The van der Waals surface area contributed by atoms with Crippen LogP contribution in [0.25, 0.3) is 0 Å². The number of hydrogen-bond acceptors (Lipinski definition) is 4. The van der Waals surface area contributed by atoms with Gasteiger partial charge in [-0.2, -0.15) is 0 Å². The van der Waals surface area contributed by atoms with E-state index in [-0.39, 0.29) is 6.61 Å². The summed E-state index contributed by atoms with van der Waals surface area (Å²) in [5, 5.41) is 10.1. The number of nitrogens with zero attached hydrogens (tertiary/aromatic N) is 1. The fraction of sp³-hybridized carbons (Fsp3) is 0.462. The van der Waals surface area contributed by atoms with Gasteiger partial charge < -0.3 is 14.7 Å². The molecule has 0 amide bonds. The smallest absolute Gasteiger partial charge is 0.342 e. The highest BCUT2D eigenvalue weighted by Crippen LogP contribution is 2.24. The number of esters is 1. The molecule has 1 rings (SSSR count). The van der Waals surface area contributed by atoms with Gasteiger partial charge in [0.1, 0.15) is 0 Å². The molecule has 1 aromatic rings. The Labute approximate surface area is 102 Å². The molecule has 4 nitrogen and oxygen atoms in total. The Hall–Kier alpha value is -1.55. The number of rotatable bonds is 4. The zero-order chi connectivity index (χ0) is 13.1. The quantitative estimate of drug-likeness (QED) is 0.807. The van der Waals surface area contributed by atoms with Crippen molar-refractivity contribution in [1.29, 1.82) is 0 Å². The molecule has 1 unspecified atom stereocenters. The first kappa shape index (κ1) is 13.5. The summed E-state index contributed by atoms with van der Waals surface area (Å²) in [5.41, 5.74) is -0.0594. The van der Waals surface area contributed by atoms with Crippen molar-refractivity contribution in [2.45, 2.75) is 19.4 Å². The molecular weight excluding hydrogens is 218 g/mol. The minimum atomic E-state index is -1.60. The van der Waals surface area contributed by atoms with E-state index in [0.717, 1.165) is 5.69 Å². The first-order valence-electron chi connectivity index (χ1n) is 5.57. The van der Waals surface area contributed by atoms with E-state index < -0.39 is 11.6 Å². The van der Waals surface area contributed by atoms with Gasteiger partial charge in [-0.15, -0.1) is 0 Å². The minimum absolute atomic E-state index is 0.255. The van der Waals surface area contributed by atoms with Crippen LogP contribution in [-0.4, -0.2) is 31.8 Å². The lowest BCUT2D eigenvalue weighted by Crippen LogP contribution is -2.34. The maximum Gasteiger partial charge on any atom is 0.342 e. The Morgan fingerprint density at radius 3 is 2.29 bits per heavy atom. The highest BCUT2D eigenvalue weighted by molar-refractivity contribution is 5.80. The van der Waals surface area contributed by atoms with Gasteiger partial charge in [0.2, 0.25) is 0 Å². The summed E-state index contributed by atoms with van der Waals surface area (Å²) in [6.07, 6.45) is 0. The molecule has 0 saturated carbocycles. The predicted octanol–water partition coefficient (Wildman–Crippen LogP) is 1.52. The molecule has 4 heteroatoms. The summed E-state index contributed by atoms with van der Waals surface area (Å²) in [7, 11) is 3.86. The number of carbonyl (C=O) groups is 1. The molecule has 1 aromatic carbocycles. The van der Waals surface area contributed by atoms with Crippen molar-refractivity contribution >= 4 is 11.7 Å². The Morgan fingerprint density at radius 2 is 1.88 bits per heavy atom. The van der Waals surface area contributed by atoms with Crippen molar-refractivity contribution in [3.05, 3.63) is 29.8 Å². The summed E-state index contributed by atoms with van der Waals surface area (Å²) in [4.78, 5) is 13.5. The van der Waals surface area contributed by atoms with Gasteiger partial charge in [-0.05, 0) is 31.5 Å². The van der Waals surface area contributed by atoms with E-state index in [1.165, 1.54) is 6.92 Å². The van der Waals surface area contributed by atoms with Crippen LogP contribution in [0.2, 0.25) is 0 Å². The lowest BCUT2D eigenvalue weighted by molar-refractivity contribution is -0.164. The number of benzene rings is 1. The van der Waals surface area contributed by atoms with Crippen molar-refractivity contribution in [2.24, 2.45) is 0 Å². The molecular formula is C13H19NO3. The standard InChI is InChI=1S/C13H19NO3/c1-5-17-12(15)13(2,16)10-6-8-11(9-7-10)14(3)4/h6-9,16H,5H2,1-4H3. The fourth-order valence-electron chi connectivity index (χ4n) is 1.47. The highest BCUT2D eigenvalue weighted by Gasteiger charge is 2.33. The van der Waals surface area contributed by atoms with Crippen LogP contribution in [0.15, 0.2) is 24.3 Å². The van der Waals surface area contributed by atoms with Crippen molar-refractivity contribution < 1.29 is 14.6 Å². The Kier molecular flexibility index (Phi) is 4.12. The Bertz CT molecular complexity index is 382. The molecule has 0 radical (unpaired) electrons. The number of anilines is 1. The third-order valence-corrected chi connectivity index (χ3v) is 2.62. The average molecular weight is 237 g/mol. The number of carbonyl (C=O) groups excluding carboxylic acids is 1. The lowest BCUT2D eigenvalue weighted by atomic mass is 9.96. The fourth-order valence-corrected chi connectivity index (χ4v) is 1.47. The van der Waals surface area contributed by atoms with Crippen LogP contribution in [0.1, 0.15) is 19.4 Å². The summed E-state index contributed by atoms with van der Waals surface area (Å²) < 4.78 is 4.84. The van der Waals surface area contributed by atoms with Crippen molar-refractivity contribution in [3.63, 3.8) is 0 Å². The first-order chi connectivity index (χ1) is 7.89. The molecule has 0 saturated heterocycles. The van der Waals surface area contributed by atoms with E-state index in [1.54, 1.807) is 19.1 Å². The summed E-state index contributed by atoms with van der Waals surface area (Å²) in [5.74, 6) is -0.627. The first-order valence-corrected chi connectivity index (χ1v) is 5.57. The molecule has 94 valence electrons. The molecule has 0 heterocycles. The number of ether oxygens (including phenoxy) is 1. The molecule has 1 N–H and O–H groups in total. The Morgan fingerprint density at radius 1 is 1.35 bits per heavy atom. The van der Waals surface area contributed by atoms with Crippen molar-refractivity contribution in [2.75, 3.05) is 25.6 Å². The van der Waals surface area contributed by atoms with Crippen LogP contribution in [0.4, 0.5) is 5.69 Å². The van der Waals surface area contributed by atoms with E-state index in [0.29, 0.717) is 5.56 Å². The maximum absolute atomic E-state index is 11.6. The summed E-state index contributed by atoms with van der Waals surface area (Å²) >= 11 is 0. The molecule has 0 aliphatic heterocycles. The second-order valence-corrected chi connectivity index (χ2v) is 4.23. The topological polar surface area (TPSA) is 49.8 Å². The second kappa shape index (κ2) is 5.19. The molecule has 0 aliphatic carbocycles. The van der Waals surface area contributed by atoms with Crippen LogP contribution in [-0.2, 0) is 15.1 Å². The molecule has 0 aliphatic rings. The van der Waals surface area contributed by atoms with Gasteiger partial charge in [0.05, 0.1) is 6.61 Å². The van der Waals surface area contributed by atoms with Crippen LogP contribution < -0.4 is 4.90 Å². The highest BCUT2D eigenvalue weighted by atomic mass is 16.5. The number of aliphatic hydroxyl groups is 1. The van der Waals surface area contributed by atoms with Gasteiger partial charge in [0.25, 0.3) is 0 Å². The van der Waals surface area contributed by atoms with Crippen LogP contribution >= 0.6 is 0 Å². The Balaban J connectivity index is 2.95. The van der Waals surface area contributed by atoms with Gasteiger partial charge in [0.15, 0.2) is 5.60 Å². The van der Waals surface area contributed by atoms with Crippen molar-refractivity contribution in [1.82, 2.24) is 0 Å².